The first-order valence-corrected chi connectivity index (χ1v) is 6.29. The molecule has 6 heteroatoms. The van der Waals surface area contributed by atoms with Crippen molar-refractivity contribution in [3.63, 3.8) is 0 Å². The second-order valence-electron chi connectivity index (χ2n) is 4.44. The van der Waals surface area contributed by atoms with Crippen molar-refractivity contribution in [3.05, 3.63) is 58.1 Å². The quantitative estimate of drug-likeness (QED) is 0.673. The maximum Gasteiger partial charge on any atom is 0.273 e. The van der Waals surface area contributed by atoms with Gasteiger partial charge in [0.2, 0.25) is 0 Å². The topological polar surface area (TPSA) is 81.8 Å². The van der Waals surface area contributed by atoms with E-state index < -0.39 is 11.0 Å². The first kappa shape index (κ1) is 14.8. The van der Waals surface area contributed by atoms with Crippen LogP contribution < -0.4 is 9.47 Å². The molecule has 1 N–H and O–H groups in total. The van der Waals surface area contributed by atoms with Crippen LogP contribution in [0.25, 0.3) is 0 Å². The van der Waals surface area contributed by atoms with Gasteiger partial charge in [0.1, 0.15) is 5.75 Å². The summed E-state index contributed by atoms with van der Waals surface area (Å²) in [4.78, 5) is 10.3. The monoisotopic (exact) mass is 289 g/mol. The molecule has 0 fully saturated rings. The Balaban J connectivity index is 2.29. The van der Waals surface area contributed by atoms with Gasteiger partial charge in [-0.1, -0.05) is 12.1 Å². The molecule has 0 aliphatic carbocycles. The summed E-state index contributed by atoms with van der Waals surface area (Å²) in [5, 5.41) is 20.3. The van der Waals surface area contributed by atoms with Gasteiger partial charge in [0.15, 0.2) is 11.5 Å². The summed E-state index contributed by atoms with van der Waals surface area (Å²) in [6, 6.07) is 11.0. The summed E-state index contributed by atoms with van der Waals surface area (Å²) in [6.45, 7) is 1.67. The molecule has 0 saturated carbocycles. The van der Waals surface area contributed by atoms with Gasteiger partial charge >= 0.3 is 0 Å². The number of hydrogen-bond donors (Lipinski definition) is 1. The molecule has 110 valence electrons. The molecule has 0 heterocycles. The predicted molar refractivity (Wildman–Crippen MR) is 76.8 cm³/mol. The largest absolute Gasteiger partial charge is 0.493 e. The molecular weight excluding hydrogens is 274 g/mol. The average Bonchev–Trinajstić information content (AvgIpc) is 2.47. The SMILES string of the molecule is COc1ccc([N+](=O)[O-])cc1Oc1ccc(C(C)O)cc1. The Morgan fingerprint density at radius 3 is 2.33 bits per heavy atom. The van der Waals surface area contributed by atoms with E-state index in [0.717, 1.165) is 5.56 Å². The van der Waals surface area contributed by atoms with Gasteiger partial charge in [0.25, 0.3) is 5.69 Å². The number of benzene rings is 2. The second kappa shape index (κ2) is 6.23. The van der Waals surface area contributed by atoms with Gasteiger partial charge in [-0.3, -0.25) is 10.1 Å². The molecule has 0 spiro atoms. The van der Waals surface area contributed by atoms with E-state index >= 15 is 0 Å². The van der Waals surface area contributed by atoms with Crippen molar-refractivity contribution in [3.8, 4) is 17.2 Å². The lowest BCUT2D eigenvalue weighted by atomic mass is 10.1. The molecular formula is C15H15NO5. The Morgan fingerprint density at radius 2 is 1.81 bits per heavy atom. The van der Waals surface area contributed by atoms with Crippen LogP contribution >= 0.6 is 0 Å². The summed E-state index contributed by atoms with van der Waals surface area (Å²) in [5.41, 5.74) is 0.680. The van der Waals surface area contributed by atoms with Crippen LogP contribution in [0.5, 0.6) is 17.2 Å². The number of aliphatic hydroxyl groups excluding tert-OH is 1. The first-order valence-electron chi connectivity index (χ1n) is 6.29. The molecule has 0 saturated heterocycles. The molecule has 0 radical (unpaired) electrons. The van der Waals surface area contributed by atoms with Gasteiger partial charge in [-0.15, -0.1) is 0 Å². The van der Waals surface area contributed by atoms with E-state index in [9.17, 15) is 15.2 Å². The Morgan fingerprint density at radius 1 is 1.14 bits per heavy atom. The van der Waals surface area contributed by atoms with E-state index in [1.807, 2.05) is 0 Å². The number of methoxy groups -OCH3 is 1. The molecule has 2 aromatic carbocycles. The van der Waals surface area contributed by atoms with Crippen molar-refractivity contribution in [2.24, 2.45) is 0 Å². The van der Waals surface area contributed by atoms with Crippen molar-refractivity contribution in [2.45, 2.75) is 13.0 Å². The maximum absolute atomic E-state index is 10.8. The Kier molecular flexibility index (Phi) is 4.39. The van der Waals surface area contributed by atoms with Gasteiger partial charge in [-0.05, 0) is 30.7 Å². The van der Waals surface area contributed by atoms with Crippen molar-refractivity contribution in [1.82, 2.24) is 0 Å². The van der Waals surface area contributed by atoms with E-state index in [1.165, 1.54) is 25.3 Å². The molecule has 1 atom stereocenters. The molecule has 0 aromatic heterocycles. The summed E-state index contributed by atoms with van der Waals surface area (Å²) < 4.78 is 10.7. The van der Waals surface area contributed by atoms with Crippen LogP contribution in [0.3, 0.4) is 0 Å². The van der Waals surface area contributed by atoms with Crippen LogP contribution in [0.1, 0.15) is 18.6 Å². The third-order valence-corrected chi connectivity index (χ3v) is 2.95. The summed E-state index contributed by atoms with van der Waals surface area (Å²) >= 11 is 0. The van der Waals surface area contributed by atoms with Crippen LogP contribution in [-0.4, -0.2) is 17.1 Å². The minimum Gasteiger partial charge on any atom is -0.493 e. The number of aliphatic hydroxyl groups is 1. The van der Waals surface area contributed by atoms with E-state index in [1.54, 1.807) is 31.2 Å². The van der Waals surface area contributed by atoms with Crippen molar-refractivity contribution in [2.75, 3.05) is 7.11 Å². The molecule has 0 bridgehead atoms. The highest BCUT2D eigenvalue weighted by Crippen LogP contribution is 2.34. The van der Waals surface area contributed by atoms with Crippen LogP contribution in [0.4, 0.5) is 5.69 Å². The normalized spacial score (nSPS) is 11.8. The highest BCUT2D eigenvalue weighted by atomic mass is 16.6. The van der Waals surface area contributed by atoms with E-state index in [-0.39, 0.29) is 11.4 Å². The average molecular weight is 289 g/mol. The van der Waals surface area contributed by atoms with E-state index in [4.69, 9.17) is 9.47 Å². The van der Waals surface area contributed by atoms with E-state index in [0.29, 0.717) is 11.5 Å². The lowest BCUT2D eigenvalue weighted by molar-refractivity contribution is -0.384. The zero-order valence-corrected chi connectivity index (χ0v) is 11.6. The van der Waals surface area contributed by atoms with Crippen molar-refractivity contribution < 1.29 is 19.5 Å². The highest BCUT2D eigenvalue weighted by Gasteiger charge is 2.13. The number of hydrogen-bond acceptors (Lipinski definition) is 5. The van der Waals surface area contributed by atoms with Gasteiger partial charge in [0, 0.05) is 6.07 Å². The highest BCUT2D eigenvalue weighted by molar-refractivity contribution is 5.50. The Labute approximate surface area is 121 Å². The molecule has 2 rings (SSSR count). The smallest absolute Gasteiger partial charge is 0.273 e. The maximum atomic E-state index is 10.8. The third kappa shape index (κ3) is 3.49. The molecule has 0 aliphatic rings. The van der Waals surface area contributed by atoms with Crippen molar-refractivity contribution >= 4 is 5.69 Å². The molecule has 0 amide bonds. The fourth-order valence-electron chi connectivity index (χ4n) is 1.80. The number of nitrogens with zero attached hydrogens (tertiary/aromatic N) is 1. The van der Waals surface area contributed by atoms with Gasteiger partial charge < -0.3 is 14.6 Å². The van der Waals surface area contributed by atoms with Crippen molar-refractivity contribution in [1.29, 1.82) is 0 Å². The number of nitro groups is 1. The predicted octanol–water partition coefficient (Wildman–Crippen LogP) is 3.45. The van der Waals surface area contributed by atoms with Crippen LogP contribution in [0, 0.1) is 10.1 Å². The Bertz CT molecular complexity index is 637. The Hall–Kier alpha value is -2.60. The lowest BCUT2D eigenvalue weighted by Gasteiger charge is -2.11. The third-order valence-electron chi connectivity index (χ3n) is 2.95. The zero-order valence-electron chi connectivity index (χ0n) is 11.6. The van der Waals surface area contributed by atoms with Gasteiger partial charge in [-0.2, -0.15) is 0 Å². The molecule has 0 aliphatic heterocycles. The lowest BCUT2D eigenvalue weighted by Crippen LogP contribution is -1.94. The molecule has 21 heavy (non-hydrogen) atoms. The number of nitro benzene ring substituents is 1. The standard InChI is InChI=1S/C15H15NO5/c1-10(17)11-3-6-13(7-4-11)21-15-9-12(16(18)19)5-8-14(15)20-2/h3-10,17H,1-2H3. The summed E-state index contributed by atoms with van der Waals surface area (Å²) in [5.74, 6) is 1.16. The first-order chi connectivity index (χ1) is 10.0. The zero-order chi connectivity index (χ0) is 15.4. The van der Waals surface area contributed by atoms with Gasteiger partial charge in [0.05, 0.1) is 24.2 Å². The minimum atomic E-state index is -0.564. The fraction of sp³-hybridized carbons (Fsp3) is 0.200. The number of non-ortho nitro benzene ring substituents is 1. The van der Waals surface area contributed by atoms with Crippen LogP contribution in [0.2, 0.25) is 0 Å². The fourth-order valence-corrected chi connectivity index (χ4v) is 1.80. The molecule has 6 nitrogen and oxygen atoms in total. The second-order valence-corrected chi connectivity index (χ2v) is 4.44. The van der Waals surface area contributed by atoms with Crippen LogP contribution in [-0.2, 0) is 0 Å². The minimum absolute atomic E-state index is 0.0774. The number of ether oxygens (including phenoxy) is 2. The van der Waals surface area contributed by atoms with E-state index in [2.05, 4.69) is 0 Å². The summed E-state index contributed by atoms with van der Waals surface area (Å²) in [7, 11) is 1.46. The van der Waals surface area contributed by atoms with Gasteiger partial charge in [-0.25, -0.2) is 0 Å². The number of rotatable bonds is 5. The molecule has 2 aromatic rings. The molecule has 1 unspecified atom stereocenters. The summed E-state index contributed by atoms with van der Waals surface area (Å²) in [6.07, 6.45) is -0.564. The van der Waals surface area contributed by atoms with Crippen LogP contribution in [0.15, 0.2) is 42.5 Å².